The van der Waals surface area contributed by atoms with Crippen LogP contribution >= 0.6 is 0 Å². The van der Waals surface area contributed by atoms with Gasteiger partial charge in [-0.2, -0.15) is 4.72 Å². The molecule has 1 spiro atoms. The van der Waals surface area contributed by atoms with Crippen LogP contribution in [-0.4, -0.2) is 80.2 Å². The molecule has 3 N–H and O–H groups in total. The van der Waals surface area contributed by atoms with Crippen LogP contribution in [0.2, 0.25) is 0 Å². The molecule has 2 aliphatic carbocycles. The summed E-state index contributed by atoms with van der Waals surface area (Å²) in [6.07, 6.45) is 8.91. The Bertz CT molecular complexity index is 1280. The van der Waals surface area contributed by atoms with Crippen molar-refractivity contribution in [3.8, 4) is 0 Å². The van der Waals surface area contributed by atoms with E-state index < -0.39 is 16.3 Å². The van der Waals surface area contributed by atoms with Gasteiger partial charge in [-0.05, 0) is 99.2 Å². The summed E-state index contributed by atoms with van der Waals surface area (Å²) in [5, 5.41) is 6.71. The number of benzene rings is 1. The van der Waals surface area contributed by atoms with Crippen LogP contribution in [0.3, 0.4) is 0 Å². The average Bonchev–Trinajstić information content (AvgIpc) is 2.96. The van der Waals surface area contributed by atoms with E-state index in [9.17, 15) is 13.2 Å². The van der Waals surface area contributed by atoms with Gasteiger partial charge in [-0.3, -0.25) is 20.3 Å². The Kier molecular flexibility index (Phi) is 10.0. The standard InChI is InChI=1S/C35H57N5O4S/c1-23(2)16-28-22-44-32-18-31(33-24(3)8-6-9-25(33)4)36-34(37-32)38-45(42,43)30-11-7-10-27(17-30)21-40(28)29-19-35(20-29)12-14-39(15-13-35)26(5)41/h6,8-9,23,27-32,34,36-38H,7,10-22H2,1-5H3/t27?,28-,30?,31?,32?,34?/m1/s1. The molecule has 4 bridgehead atoms. The molecule has 1 aromatic carbocycles. The van der Waals surface area contributed by atoms with Gasteiger partial charge in [-0.25, -0.2) is 8.42 Å². The number of nitrogens with one attached hydrogen (secondary N) is 3. The molecule has 252 valence electrons. The third-order valence-electron chi connectivity index (χ3n) is 11.8. The number of aryl methyl sites for hydroxylation is 2. The Balaban J connectivity index is 1.27. The lowest BCUT2D eigenvalue weighted by molar-refractivity contribution is -0.135. The van der Waals surface area contributed by atoms with Crippen LogP contribution in [-0.2, 0) is 19.6 Å². The fourth-order valence-electron chi connectivity index (χ4n) is 9.34. The van der Waals surface area contributed by atoms with E-state index in [4.69, 9.17) is 4.74 Å². The quantitative estimate of drug-likeness (QED) is 0.443. The predicted molar refractivity (Wildman–Crippen MR) is 178 cm³/mol. The van der Waals surface area contributed by atoms with Gasteiger partial charge < -0.3 is 9.64 Å². The lowest BCUT2D eigenvalue weighted by Crippen LogP contribution is -2.64. The molecule has 10 heteroatoms. The van der Waals surface area contributed by atoms with Gasteiger partial charge in [0.25, 0.3) is 0 Å². The number of carbonyl (C=O) groups excluding carboxylic acids is 1. The van der Waals surface area contributed by atoms with Crippen LogP contribution < -0.4 is 15.4 Å². The number of sulfonamides is 1. The highest BCUT2D eigenvalue weighted by molar-refractivity contribution is 7.90. The van der Waals surface area contributed by atoms with Gasteiger partial charge in [0.1, 0.15) is 12.5 Å². The predicted octanol–water partition coefficient (Wildman–Crippen LogP) is 4.55. The maximum atomic E-state index is 13.9. The number of rotatable bonds is 4. The normalized spacial score (nSPS) is 34.4. The first kappa shape index (κ1) is 33.3. The molecule has 0 aromatic heterocycles. The van der Waals surface area contributed by atoms with Crippen molar-refractivity contribution in [2.45, 2.75) is 135 Å². The number of hydrogen-bond donors (Lipinski definition) is 3. The molecule has 5 fully saturated rings. The van der Waals surface area contributed by atoms with Crippen molar-refractivity contribution >= 4 is 15.9 Å². The first-order chi connectivity index (χ1) is 21.4. The Morgan fingerprint density at radius 3 is 2.44 bits per heavy atom. The summed E-state index contributed by atoms with van der Waals surface area (Å²) in [5.41, 5.74) is 3.99. The van der Waals surface area contributed by atoms with E-state index in [1.54, 1.807) is 6.92 Å². The summed E-state index contributed by atoms with van der Waals surface area (Å²) in [5.74, 6) is 1.08. The monoisotopic (exact) mass is 643 g/mol. The molecule has 1 amide bonds. The van der Waals surface area contributed by atoms with E-state index in [1.807, 2.05) is 4.90 Å². The van der Waals surface area contributed by atoms with Gasteiger partial charge in [-0.15, -0.1) is 0 Å². The summed E-state index contributed by atoms with van der Waals surface area (Å²) in [7, 11) is -3.55. The average molecular weight is 644 g/mol. The number of nitrogens with zero attached hydrogens (tertiary/aromatic N) is 2. The largest absolute Gasteiger partial charge is 0.362 e. The number of carbonyl (C=O) groups is 1. The fourth-order valence-corrected chi connectivity index (χ4v) is 11.0. The zero-order valence-corrected chi connectivity index (χ0v) is 29.0. The number of amides is 1. The summed E-state index contributed by atoms with van der Waals surface area (Å²) in [6.45, 7) is 13.9. The molecule has 45 heavy (non-hydrogen) atoms. The highest BCUT2D eigenvalue weighted by Gasteiger charge is 2.50. The van der Waals surface area contributed by atoms with Crippen molar-refractivity contribution in [1.29, 1.82) is 0 Å². The zero-order chi connectivity index (χ0) is 31.9. The van der Waals surface area contributed by atoms with Gasteiger partial charge >= 0.3 is 0 Å². The van der Waals surface area contributed by atoms with Gasteiger partial charge in [0, 0.05) is 51.1 Å². The molecule has 0 radical (unpaired) electrons. The van der Waals surface area contributed by atoms with Gasteiger partial charge in [0.15, 0.2) is 0 Å². The fraction of sp³-hybridized carbons (Fsp3) is 0.800. The number of piperidine rings is 1. The molecule has 3 aliphatic heterocycles. The number of hydrogen-bond acceptors (Lipinski definition) is 7. The first-order valence-electron chi connectivity index (χ1n) is 17.6. The van der Waals surface area contributed by atoms with Crippen LogP contribution in [0.25, 0.3) is 0 Å². The zero-order valence-electron chi connectivity index (χ0n) is 28.2. The highest BCUT2D eigenvalue weighted by Crippen LogP contribution is 2.52. The van der Waals surface area contributed by atoms with Crippen molar-refractivity contribution in [3.05, 3.63) is 34.9 Å². The van der Waals surface area contributed by atoms with E-state index in [1.165, 1.54) is 29.5 Å². The molecule has 5 unspecified atom stereocenters. The Morgan fingerprint density at radius 2 is 1.78 bits per heavy atom. The summed E-state index contributed by atoms with van der Waals surface area (Å²) in [4.78, 5) is 16.8. The molecule has 3 heterocycles. The molecular weight excluding hydrogens is 586 g/mol. The number of likely N-dealkylation sites (tertiary alicyclic amines) is 1. The highest BCUT2D eigenvalue weighted by atomic mass is 32.2. The molecule has 6 atom stereocenters. The van der Waals surface area contributed by atoms with Gasteiger partial charge in [0.05, 0.1) is 11.9 Å². The minimum Gasteiger partial charge on any atom is -0.362 e. The SMILES string of the molecule is CC(=O)N1CCC2(CC1)CC(N1CC3CCCC(C3)S(=O)(=O)NC3NC(CC(c4c(C)cccc4C)N3)OC[C@H]1CC(C)C)C2. The van der Waals surface area contributed by atoms with Crippen molar-refractivity contribution < 1.29 is 17.9 Å². The van der Waals surface area contributed by atoms with E-state index in [-0.39, 0.29) is 29.5 Å². The second-order valence-electron chi connectivity index (χ2n) is 15.5. The van der Waals surface area contributed by atoms with Crippen molar-refractivity contribution in [3.63, 3.8) is 0 Å². The van der Waals surface area contributed by atoms with Crippen LogP contribution in [0.5, 0.6) is 0 Å². The van der Waals surface area contributed by atoms with Crippen molar-refractivity contribution in [2.24, 2.45) is 17.3 Å². The Hall–Kier alpha value is -1.56. The molecular formula is C35H57N5O4S. The van der Waals surface area contributed by atoms with Gasteiger partial charge in [0.2, 0.25) is 15.9 Å². The third-order valence-corrected chi connectivity index (χ3v) is 13.6. The third kappa shape index (κ3) is 7.46. The number of fused-ring (bicyclic) bond motifs is 4. The summed E-state index contributed by atoms with van der Waals surface area (Å²) >= 11 is 0. The Labute approximate surface area is 271 Å². The maximum Gasteiger partial charge on any atom is 0.219 e. The summed E-state index contributed by atoms with van der Waals surface area (Å²) < 4.78 is 37.6. The van der Waals surface area contributed by atoms with Crippen LogP contribution in [0.4, 0.5) is 0 Å². The van der Waals surface area contributed by atoms with Crippen LogP contribution in [0.1, 0.15) is 108 Å². The lowest BCUT2D eigenvalue weighted by Gasteiger charge is -2.57. The Morgan fingerprint density at radius 1 is 1.07 bits per heavy atom. The molecule has 5 aliphatic rings. The smallest absolute Gasteiger partial charge is 0.219 e. The van der Waals surface area contributed by atoms with E-state index in [0.717, 1.165) is 58.2 Å². The van der Waals surface area contributed by atoms with Gasteiger partial charge in [-0.1, -0.05) is 38.5 Å². The lowest BCUT2D eigenvalue weighted by atomic mass is 9.59. The van der Waals surface area contributed by atoms with E-state index >= 15 is 0 Å². The first-order valence-corrected chi connectivity index (χ1v) is 19.2. The minimum atomic E-state index is -3.55. The van der Waals surface area contributed by atoms with E-state index in [0.29, 0.717) is 42.7 Å². The van der Waals surface area contributed by atoms with Crippen LogP contribution in [0.15, 0.2) is 18.2 Å². The molecule has 2 saturated carbocycles. The minimum absolute atomic E-state index is 0.0265. The summed E-state index contributed by atoms with van der Waals surface area (Å²) in [6, 6.07) is 7.10. The van der Waals surface area contributed by atoms with E-state index in [2.05, 4.69) is 66.1 Å². The second-order valence-corrected chi connectivity index (χ2v) is 17.5. The topological polar surface area (TPSA) is 103 Å². The molecule has 6 rings (SSSR count). The number of ether oxygens (including phenoxy) is 1. The van der Waals surface area contributed by atoms with Crippen molar-refractivity contribution in [2.75, 3.05) is 26.2 Å². The van der Waals surface area contributed by atoms with Crippen LogP contribution in [0, 0.1) is 31.1 Å². The van der Waals surface area contributed by atoms with Crippen molar-refractivity contribution in [1.82, 2.24) is 25.2 Å². The second kappa shape index (κ2) is 13.5. The molecule has 3 saturated heterocycles. The maximum absolute atomic E-state index is 13.9. The molecule has 9 nitrogen and oxygen atoms in total. The molecule has 1 aromatic rings.